The summed E-state index contributed by atoms with van der Waals surface area (Å²) in [5, 5.41) is 0. The van der Waals surface area contributed by atoms with Crippen LogP contribution in [0.5, 0.6) is 11.5 Å². The van der Waals surface area contributed by atoms with E-state index in [9.17, 15) is 0 Å². The van der Waals surface area contributed by atoms with Crippen LogP contribution in [0.4, 0.5) is 5.69 Å². The Morgan fingerprint density at radius 2 is 2.19 bits per heavy atom. The molecule has 0 saturated heterocycles. The zero-order chi connectivity index (χ0) is 11.8. The van der Waals surface area contributed by atoms with Gasteiger partial charge in [0.25, 0.3) is 0 Å². The third-order valence-electron chi connectivity index (χ3n) is 2.11. The van der Waals surface area contributed by atoms with Crippen LogP contribution < -0.4 is 15.2 Å². The van der Waals surface area contributed by atoms with Crippen molar-refractivity contribution in [2.75, 3.05) is 31.0 Å². The van der Waals surface area contributed by atoms with Crippen molar-refractivity contribution in [1.29, 1.82) is 0 Å². The van der Waals surface area contributed by atoms with Crippen LogP contribution in [-0.2, 0) is 0 Å². The predicted octanol–water partition coefficient (Wildman–Crippen LogP) is 2.80. The van der Waals surface area contributed by atoms with Gasteiger partial charge < -0.3 is 15.2 Å². The Hall–Kier alpha value is -1.03. The molecule has 0 spiro atoms. The van der Waals surface area contributed by atoms with E-state index in [-0.39, 0.29) is 0 Å². The molecule has 0 aliphatic rings. The van der Waals surface area contributed by atoms with Gasteiger partial charge in [-0.3, -0.25) is 0 Å². The molecule has 16 heavy (non-hydrogen) atoms. The molecule has 4 heteroatoms. The van der Waals surface area contributed by atoms with Gasteiger partial charge in [-0.2, -0.15) is 11.8 Å². The third kappa shape index (κ3) is 4.23. The predicted molar refractivity (Wildman–Crippen MR) is 70.5 cm³/mol. The molecule has 0 amide bonds. The Morgan fingerprint density at radius 3 is 2.81 bits per heavy atom. The highest BCUT2D eigenvalue weighted by atomic mass is 32.2. The van der Waals surface area contributed by atoms with Gasteiger partial charge in [0, 0.05) is 6.07 Å². The van der Waals surface area contributed by atoms with Gasteiger partial charge >= 0.3 is 0 Å². The Morgan fingerprint density at radius 1 is 1.38 bits per heavy atom. The summed E-state index contributed by atoms with van der Waals surface area (Å²) in [6.45, 7) is 2.87. The maximum absolute atomic E-state index is 5.83. The van der Waals surface area contributed by atoms with Gasteiger partial charge in [-0.1, -0.05) is 6.92 Å². The molecule has 3 nitrogen and oxygen atoms in total. The largest absolute Gasteiger partial charge is 0.497 e. The minimum Gasteiger partial charge on any atom is -0.497 e. The summed E-state index contributed by atoms with van der Waals surface area (Å²) in [4.78, 5) is 0. The van der Waals surface area contributed by atoms with E-state index in [1.54, 1.807) is 13.2 Å². The van der Waals surface area contributed by atoms with Crippen molar-refractivity contribution in [2.24, 2.45) is 0 Å². The lowest BCUT2D eigenvalue weighted by Crippen LogP contribution is -2.01. The molecule has 1 aromatic carbocycles. The van der Waals surface area contributed by atoms with Crippen molar-refractivity contribution >= 4 is 17.4 Å². The highest BCUT2D eigenvalue weighted by Crippen LogP contribution is 2.26. The Kier molecular flexibility index (Phi) is 5.93. The summed E-state index contributed by atoms with van der Waals surface area (Å²) < 4.78 is 10.7. The smallest absolute Gasteiger partial charge is 0.142 e. The van der Waals surface area contributed by atoms with Gasteiger partial charge in [0.2, 0.25) is 0 Å². The Bertz CT molecular complexity index is 318. The van der Waals surface area contributed by atoms with Crippen LogP contribution in [0.25, 0.3) is 0 Å². The van der Waals surface area contributed by atoms with E-state index in [1.807, 2.05) is 23.9 Å². The first-order chi connectivity index (χ1) is 7.77. The Balaban J connectivity index is 2.36. The summed E-state index contributed by atoms with van der Waals surface area (Å²) in [7, 11) is 1.62. The molecule has 1 aromatic rings. The van der Waals surface area contributed by atoms with Crippen LogP contribution in [-0.4, -0.2) is 25.2 Å². The van der Waals surface area contributed by atoms with Crippen LogP contribution in [0.3, 0.4) is 0 Å². The topological polar surface area (TPSA) is 44.5 Å². The Labute approximate surface area is 101 Å². The minimum atomic E-state index is 0.627. The molecular formula is C12H19NO2S. The van der Waals surface area contributed by atoms with E-state index in [4.69, 9.17) is 15.2 Å². The highest BCUT2D eigenvalue weighted by Gasteiger charge is 2.01. The molecule has 1 rings (SSSR count). The van der Waals surface area contributed by atoms with E-state index < -0.39 is 0 Å². The molecule has 0 unspecified atom stereocenters. The number of rotatable bonds is 7. The number of hydrogen-bond acceptors (Lipinski definition) is 4. The highest BCUT2D eigenvalue weighted by molar-refractivity contribution is 7.99. The number of nitrogen functional groups attached to an aromatic ring is 1. The molecule has 0 fully saturated rings. The molecule has 0 atom stereocenters. The average Bonchev–Trinajstić information content (AvgIpc) is 2.30. The summed E-state index contributed by atoms with van der Waals surface area (Å²) in [6, 6.07) is 5.48. The second-order valence-corrected chi connectivity index (χ2v) is 4.70. The van der Waals surface area contributed by atoms with Crippen molar-refractivity contribution in [3.05, 3.63) is 18.2 Å². The van der Waals surface area contributed by atoms with E-state index in [1.165, 1.54) is 0 Å². The average molecular weight is 241 g/mol. The lowest BCUT2D eigenvalue weighted by Gasteiger charge is -2.09. The number of benzene rings is 1. The first-order valence-electron chi connectivity index (χ1n) is 5.42. The van der Waals surface area contributed by atoms with Crippen LogP contribution in [0, 0.1) is 0 Å². The van der Waals surface area contributed by atoms with Crippen LogP contribution in [0.1, 0.15) is 13.3 Å². The van der Waals surface area contributed by atoms with Crippen molar-refractivity contribution in [3.8, 4) is 11.5 Å². The fraction of sp³-hybridized carbons (Fsp3) is 0.500. The van der Waals surface area contributed by atoms with Gasteiger partial charge in [-0.15, -0.1) is 0 Å². The van der Waals surface area contributed by atoms with Crippen molar-refractivity contribution in [3.63, 3.8) is 0 Å². The maximum atomic E-state index is 5.83. The number of anilines is 1. The van der Waals surface area contributed by atoms with Crippen LogP contribution in [0.15, 0.2) is 18.2 Å². The van der Waals surface area contributed by atoms with Gasteiger partial charge in [0.15, 0.2) is 0 Å². The van der Waals surface area contributed by atoms with Crippen molar-refractivity contribution in [2.45, 2.75) is 13.3 Å². The molecular weight excluding hydrogens is 222 g/mol. The minimum absolute atomic E-state index is 0.627. The summed E-state index contributed by atoms with van der Waals surface area (Å²) >= 11 is 1.92. The first kappa shape index (κ1) is 13.0. The van der Waals surface area contributed by atoms with Crippen molar-refractivity contribution < 1.29 is 9.47 Å². The standard InChI is InChI=1S/C12H19NO2S/c1-3-16-8-4-7-15-12-6-5-10(14-2)9-11(12)13/h5-6,9H,3-4,7-8,13H2,1-2H3. The molecule has 2 N–H and O–H groups in total. The SMILES string of the molecule is CCSCCCOc1ccc(OC)cc1N. The van der Waals surface area contributed by atoms with Crippen LogP contribution in [0.2, 0.25) is 0 Å². The van der Waals surface area contributed by atoms with Gasteiger partial charge in [-0.25, -0.2) is 0 Å². The fourth-order valence-corrected chi connectivity index (χ4v) is 1.88. The lowest BCUT2D eigenvalue weighted by molar-refractivity contribution is 0.319. The third-order valence-corrected chi connectivity index (χ3v) is 3.10. The van der Waals surface area contributed by atoms with Gasteiger partial charge in [-0.05, 0) is 30.1 Å². The fourth-order valence-electron chi connectivity index (χ4n) is 1.27. The second-order valence-electron chi connectivity index (χ2n) is 3.30. The number of hydrogen-bond donors (Lipinski definition) is 1. The molecule has 0 aliphatic carbocycles. The van der Waals surface area contributed by atoms with Crippen molar-refractivity contribution in [1.82, 2.24) is 0 Å². The van der Waals surface area contributed by atoms with E-state index in [0.717, 1.165) is 29.4 Å². The molecule has 0 bridgehead atoms. The van der Waals surface area contributed by atoms with E-state index in [2.05, 4.69) is 6.92 Å². The molecule has 0 saturated carbocycles. The maximum Gasteiger partial charge on any atom is 0.142 e. The number of methoxy groups -OCH3 is 1. The number of nitrogens with two attached hydrogens (primary N) is 1. The molecule has 0 heterocycles. The number of ether oxygens (including phenoxy) is 2. The van der Waals surface area contributed by atoms with E-state index >= 15 is 0 Å². The number of thioether (sulfide) groups is 1. The summed E-state index contributed by atoms with van der Waals surface area (Å²) in [5.74, 6) is 3.78. The second kappa shape index (κ2) is 7.28. The first-order valence-corrected chi connectivity index (χ1v) is 6.57. The monoisotopic (exact) mass is 241 g/mol. The quantitative estimate of drug-likeness (QED) is 0.589. The van der Waals surface area contributed by atoms with E-state index in [0.29, 0.717) is 12.3 Å². The molecule has 0 aromatic heterocycles. The lowest BCUT2D eigenvalue weighted by atomic mass is 10.3. The zero-order valence-electron chi connectivity index (χ0n) is 9.86. The van der Waals surface area contributed by atoms with Gasteiger partial charge in [0.05, 0.1) is 19.4 Å². The zero-order valence-corrected chi connectivity index (χ0v) is 10.7. The van der Waals surface area contributed by atoms with Gasteiger partial charge in [0.1, 0.15) is 11.5 Å². The molecule has 90 valence electrons. The molecule has 0 aliphatic heterocycles. The summed E-state index contributed by atoms with van der Waals surface area (Å²) in [5.41, 5.74) is 6.45. The van der Waals surface area contributed by atoms with Crippen LogP contribution >= 0.6 is 11.8 Å². The normalized spacial score (nSPS) is 10.1. The molecule has 0 radical (unpaired) electrons. The summed E-state index contributed by atoms with van der Waals surface area (Å²) in [6.07, 6.45) is 1.05.